The van der Waals surface area contributed by atoms with E-state index in [9.17, 15) is 0 Å². The van der Waals surface area contributed by atoms with Crippen molar-refractivity contribution < 1.29 is 4.42 Å². The maximum absolute atomic E-state index is 9.00. The molecule has 0 atom stereocenters. The molecule has 15 heavy (non-hydrogen) atoms. The van der Waals surface area contributed by atoms with Crippen molar-refractivity contribution in [3.63, 3.8) is 0 Å². The predicted molar refractivity (Wildman–Crippen MR) is 56.4 cm³/mol. The van der Waals surface area contributed by atoms with Crippen molar-refractivity contribution in [1.29, 1.82) is 5.26 Å². The average molecular weight is 196 g/mol. The highest BCUT2D eigenvalue weighted by Crippen LogP contribution is 2.16. The number of furan rings is 1. The van der Waals surface area contributed by atoms with Gasteiger partial charge in [-0.2, -0.15) is 5.26 Å². The Balaban J connectivity index is 2.38. The summed E-state index contributed by atoms with van der Waals surface area (Å²) in [6, 6.07) is 9.30. The fourth-order valence-corrected chi connectivity index (χ4v) is 1.23. The number of aromatic nitrogens is 1. The second-order valence-corrected chi connectivity index (χ2v) is 2.92. The highest BCUT2D eigenvalue weighted by molar-refractivity contribution is 5.88. The van der Waals surface area contributed by atoms with E-state index in [1.807, 2.05) is 0 Å². The number of hydrogen-bond donors (Lipinski definition) is 0. The molecule has 2 heterocycles. The Bertz CT molecular complexity index is 492. The summed E-state index contributed by atoms with van der Waals surface area (Å²) in [7, 11) is 0. The molecule has 2 aromatic rings. The fraction of sp³-hybridized carbons (Fsp3) is 0. The molecule has 0 spiro atoms. The highest BCUT2D eigenvalue weighted by atomic mass is 16.3. The first kappa shape index (κ1) is 9.22. The highest BCUT2D eigenvalue weighted by Gasteiger charge is 2.00. The number of allylic oxidation sites excluding steroid dienone is 1. The van der Waals surface area contributed by atoms with Crippen molar-refractivity contribution in [2.75, 3.05) is 0 Å². The Morgan fingerprint density at radius 1 is 1.33 bits per heavy atom. The zero-order valence-electron chi connectivity index (χ0n) is 7.92. The fourth-order valence-electron chi connectivity index (χ4n) is 1.23. The van der Waals surface area contributed by atoms with Gasteiger partial charge in [-0.3, -0.25) is 4.98 Å². The summed E-state index contributed by atoms with van der Waals surface area (Å²) in [5, 5.41) is 9.00. The number of hydrogen-bond acceptors (Lipinski definition) is 3. The number of nitriles is 1. The van der Waals surface area contributed by atoms with Crippen molar-refractivity contribution in [3.8, 4) is 6.07 Å². The Hall–Kier alpha value is -2.34. The summed E-state index contributed by atoms with van der Waals surface area (Å²) in [5.74, 6) is 0.670. The van der Waals surface area contributed by atoms with E-state index < -0.39 is 0 Å². The van der Waals surface area contributed by atoms with E-state index in [2.05, 4.69) is 11.1 Å². The monoisotopic (exact) mass is 196 g/mol. The molecule has 0 N–H and O–H groups in total. The quantitative estimate of drug-likeness (QED) is 0.694. The van der Waals surface area contributed by atoms with Gasteiger partial charge in [-0.25, -0.2) is 0 Å². The van der Waals surface area contributed by atoms with Gasteiger partial charge in [-0.05, 0) is 35.9 Å². The lowest BCUT2D eigenvalue weighted by Crippen LogP contribution is -1.81. The van der Waals surface area contributed by atoms with Crippen molar-refractivity contribution in [2.24, 2.45) is 0 Å². The first-order valence-electron chi connectivity index (χ1n) is 4.46. The second-order valence-electron chi connectivity index (χ2n) is 2.92. The van der Waals surface area contributed by atoms with E-state index in [4.69, 9.17) is 9.68 Å². The third-order valence-electron chi connectivity index (χ3n) is 1.94. The molecule has 0 saturated heterocycles. The normalized spacial score (nSPS) is 11.0. The predicted octanol–water partition coefficient (Wildman–Crippen LogP) is 2.74. The van der Waals surface area contributed by atoms with Gasteiger partial charge in [0.15, 0.2) is 0 Å². The zero-order chi connectivity index (χ0) is 10.5. The summed E-state index contributed by atoms with van der Waals surface area (Å²) in [6.07, 6.45) is 6.59. The van der Waals surface area contributed by atoms with Crippen LogP contribution in [-0.4, -0.2) is 4.98 Å². The molecule has 0 unspecified atom stereocenters. The minimum atomic E-state index is 0.562. The third-order valence-corrected chi connectivity index (χ3v) is 1.94. The molecule has 0 fully saturated rings. The molecule has 2 rings (SSSR count). The van der Waals surface area contributed by atoms with Gasteiger partial charge in [0.1, 0.15) is 5.76 Å². The lowest BCUT2D eigenvalue weighted by atomic mass is 10.1. The van der Waals surface area contributed by atoms with Gasteiger partial charge in [-0.1, -0.05) is 0 Å². The van der Waals surface area contributed by atoms with Gasteiger partial charge in [0.25, 0.3) is 0 Å². The Morgan fingerprint density at radius 2 is 2.13 bits per heavy atom. The summed E-state index contributed by atoms with van der Waals surface area (Å²) in [6.45, 7) is 0. The van der Waals surface area contributed by atoms with Crippen LogP contribution in [0.15, 0.2) is 47.3 Å². The molecule has 3 nitrogen and oxygen atoms in total. The number of pyridine rings is 1. The summed E-state index contributed by atoms with van der Waals surface area (Å²) < 4.78 is 5.14. The smallest absolute Gasteiger partial charge is 0.127 e. The van der Waals surface area contributed by atoms with Crippen LogP contribution in [0.4, 0.5) is 0 Å². The van der Waals surface area contributed by atoms with E-state index in [-0.39, 0.29) is 0 Å². The van der Waals surface area contributed by atoms with Crippen molar-refractivity contribution >= 4 is 11.6 Å². The molecule has 0 saturated carbocycles. The summed E-state index contributed by atoms with van der Waals surface area (Å²) in [4.78, 5) is 3.90. The lowest BCUT2D eigenvalue weighted by molar-refractivity contribution is 0.557. The zero-order valence-corrected chi connectivity index (χ0v) is 7.92. The molecule has 2 aromatic heterocycles. The van der Waals surface area contributed by atoms with Gasteiger partial charge < -0.3 is 4.42 Å². The van der Waals surface area contributed by atoms with Crippen LogP contribution in [0.1, 0.15) is 11.3 Å². The summed E-state index contributed by atoms with van der Waals surface area (Å²) >= 11 is 0. The van der Waals surface area contributed by atoms with Crippen LogP contribution in [0.25, 0.3) is 11.6 Å². The molecule has 72 valence electrons. The standard InChI is InChI=1S/C12H8N2O/c13-9-11(8-12-2-1-7-15-12)10-3-5-14-6-4-10/h1-8H/b11-8+. The molecule has 0 bridgehead atoms. The van der Waals surface area contributed by atoms with Gasteiger partial charge in [0.2, 0.25) is 0 Å². The minimum Gasteiger partial charge on any atom is -0.465 e. The Morgan fingerprint density at radius 3 is 2.73 bits per heavy atom. The Kier molecular flexibility index (Phi) is 2.61. The molecule has 3 heteroatoms. The molecule has 0 aliphatic rings. The van der Waals surface area contributed by atoms with Gasteiger partial charge in [-0.15, -0.1) is 0 Å². The van der Waals surface area contributed by atoms with Crippen LogP contribution < -0.4 is 0 Å². The van der Waals surface area contributed by atoms with E-state index in [1.54, 1.807) is 49.0 Å². The third kappa shape index (κ3) is 2.12. The maximum Gasteiger partial charge on any atom is 0.127 e. The topological polar surface area (TPSA) is 49.8 Å². The molecule has 0 aliphatic carbocycles. The molecule has 0 aliphatic heterocycles. The summed E-state index contributed by atoms with van der Waals surface area (Å²) in [5.41, 5.74) is 1.40. The largest absolute Gasteiger partial charge is 0.465 e. The van der Waals surface area contributed by atoms with Crippen LogP contribution in [0.2, 0.25) is 0 Å². The first-order chi connectivity index (χ1) is 7.40. The molecular weight excluding hydrogens is 188 g/mol. The number of nitrogens with zero attached hydrogens (tertiary/aromatic N) is 2. The van der Waals surface area contributed by atoms with Crippen LogP contribution >= 0.6 is 0 Å². The van der Waals surface area contributed by atoms with E-state index >= 15 is 0 Å². The van der Waals surface area contributed by atoms with Gasteiger partial charge >= 0.3 is 0 Å². The minimum absolute atomic E-state index is 0.562. The molecule has 0 aromatic carbocycles. The van der Waals surface area contributed by atoms with E-state index in [0.717, 1.165) is 5.56 Å². The average Bonchev–Trinajstić information content (AvgIpc) is 2.80. The molecular formula is C12H8N2O. The van der Waals surface area contributed by atoms with E-state index in [0.29, 0.717) is 11.3 Å². The first-order valence-corrected chi connectivity index (χ1v) is 4.46. The van der Waals surface area contributed by atoms with Crippen LogP contribution in [-0.2, 0) is 0 Å². The molecule has 0 radical (unpaired) electrons. The maximum atomic E-state index is 9.00. The SMILES string of the molecule is N#C/C(=C\c1ccco1)c1ccncc1. The van der Waals surface area contributed by atoms with Gasteiger partial charge in [0, 0.05) is 12.4 Å². The molecule has 0 amide bonds. The van der Waals surface area contributed by atoms with Gasteiger partial charge in [0.05, 0.1) is 17.9 Å². The number of rotatable bonds is 2. The van der Waals surface area contributed by atoms with Crippen molar-refractivity contribution in [2.45, 2.75) is 0 Å². The van der Waals surface area contributed by atoms with E-state index in [1.165, 1.54) is 0 Å². The van der Waals surface area contributed by atoms with Crippen molar-refractivity contribution in [3.05, 3.63) is 54.2 Å². The second kappa shape index (κ2) is 4.25. The lowest BCUT2D eigenvalue weighted by Gasteiger charge is -1.96. The van der Waals surface area contributed by atoms with Crippen LogP contribution in [0.3, 0.4) is 0 Å². The van der Waals surface area contributed by atoms with Crippen LogP contribution in [0.5, 0.6) is 0 Å². The Labute approximate surface area is 87.3 Å². The van der Waals surface area contributed by atoms with Crippen LogP contribution in [0, 0.1) is 11.3 Å². The van der Waals surface area contributed by atoms with Crippen molar-refractivity contribution in [1.82, 2.24) is 4.98 Å².